The monoisotopic (exact) mass is 470 g/mol. The van der Waals surface area contributed by atoms with E-state index in [1.165, 1.54) is 0 Å². The number of benzene rings is 1. The number of fused-ring (bicyclic) bond motifs is 1. The van der Waals surface area contributed by atoms with Gasteiger partial charge in [0.15, 0.2) is 5.82 Å². The molecule has 1 aromatic heterocycles. The molecule has 4 rings (SSSR count). The van der Waals surface area contributed by atoms with Gasteiger partial charge in [-0.1, -0.05) is 0 Å². The van der Waals surface area contributed by atoms with Crippen LogP contribution in [0.5, 0.6) is 0 Å². The van der Waals surface area contributed by atoms with Crippen LogP contribution in [0, 0.1) is 0 Å². The van der Waals surface area contributed by atoms with Crippen LogP contribution < -0.4 is 20.3 Å². The Morgan fingerprint density at radius 1 is 1.22 bits per heavy atom. The van der Waals surface area contributed by atoms with Crippen LogP contribution in [-0.4, -0.2) is 49.7 Å². The SMILES string of the molecule is CS(=O)(=O)N(c1nc(Nc2ccc3c(c2)CC(=O)N3)ncc1C(F)(F)F)C1CCNCC1. The highest BCUT2D eigenvalue weighted by atomic mass is 32.2. The fourth-order valence-electron chi connectivity index (χ4n) is 3.88. The van der Waals surface area contributed by atoms with Gasteiger partial charge in [-0.05, 0) is 49.7 Å². The molecular formula is C19H21F3N6O3S. The normalized spacial score (nSPS) is 17.1. The zero-order valence-electron chi connectivity index (χ0n) is 17.0. The zero-order valence-corrected chi connectivity index (χ0v) is 17.8. The lowest BCUT2D eigenvalue weighted by Gasteiger charge is -2.34. The number of rotatable bonds is 5. The van der Waals surface area contributed by atoms with Crippen LogP contribution in [0.25, 0.3) is 0 Å². The number of sulfonamides is 1. The molecule has 2 aromatic rings. The number of aromatic nitrogens is 2. The van der Waals surface area contributed by atoms with Crippen molar-refractivity contribution in [3.63, 3.8) is 0 Å². The number of amides is 1. The lowest BCUT2D eigenvalue weighted by Crippen LogP contribution is -2.47. The molecule has 2 aliphatic heterocycles. The molecule has 172 valence electrons. The van der Waals surface area contributed by atoms with Gasteiger partial charge in [-0.15, -0.1) is 0 Å². The van der Waals surface area contributed by atoms with Crippen molar-refractivity contribution in [2.24, 2.45) is 0 Å². The summed E-state index contributed by atoms with van der Waals surface area (Å²) in [5.41, 5.74) is 0.609. The second-order valence-corrected chi connectivity index (χ2v) is 9.55. The van der Waals surface area contributed by atoms with Crippen LogP contribution in [0.2, 0.25) is 0 Å². The molecule has 0 spiro atoms. The average Bonchev–Trinajstić information content (AvgIpc) is 3.06. The number of alkyl halides is 3. The van der Waals surface area contributed by atoms with E-state index < -0.39 is 33.6 Å². The second kappa shape index (κ2) is 8.20. The molecule has 1 fully saturated rings. The van der Waals surface area contributed by atoms with Crippen molar-refractivity contribution in [1.29, 1.82) is 0 Å². The predicted octanol–water partition coefficient (Wildman–Crippen LogP) is 2.25. The van der Waals surface area contributed by atoms with Crippen molar-refractivity contribution in [2.75, 3.05) is 34.3 Å². The molecule has 0 radical (unpaired) electrons. The van der Waals surface area contributed by atoms with E-state index >= 15 is 0 Å². The molecule has 0 bridgehead atoms. The molecule has 1 aromatic carbocycles. The van der Waals surface area contributed by atoms with Crippen LogP contribution in [-0.2, 0) is 27.4 Å². The Kier molecular flexibility index (Phi) is 5.71. The summed E-state index contributed by atoms with van der Waals surface area (Å²) in [7, 11) is -4.06. The first-order valence-corrected chi connectivity index (χ1v) is 11.7. The number of hydrogen-bond donors (Lipinski definition) is 3. The fourth-order valence-corrected chi connectivity index (χ4v) is 5.08. The largest absolute Gasteiger partial charge is 0.421 e. The second-order valence-electron chi connectivity index (χ2n) is 7.69. The number of halogens is 3. The van der Waals surface area contributed by atoms with Gasteiger partial charge in [0.05, 0.1) is 12.7 Å². The summed E-state index contributed by atoms with van der Waals surface area (Å²) in [5.74, 6) is -1.05. The maximum Gasteiger partial charge on any atom is 0.421 e. The Hall–Kier alpha value is -2.93. The molecule has 9 nitrogen and oxygen atoms in total. The molecule has 13 heteroatoms. The maximum atomic E-state index is 13.7. The van der Waals surface area contributed by atoms with Gasteiger partial charge in [0.25, 0.3) is 0 Å². The third-order valence-electron chi connectivity index (χ3n) is 5.27. The van der Waals surface area contributed by atoms with E-state index in [2.05, 4.69) is 25.9 Å². The van der Waals surface area contributed by atoms with E-state index in [1.54, 1.807) is 18.2 Å². The molecule has 0 saturated carbocycles. The lowest BCUT2D eigenvalue weighted by molar-refractivity contribution is -0.137. The Morgan fingerprint density at radius 2 is 1.94 bits per heavy atom. The van der Waals surface area contributed by atoms with Crippen molar-refractivity contribution >= 4 is 39.1 Å². The summed E-state index contributed by atoms with van der Waals surface area (Å²) in [6.07, 6.45) is -2.51. The third kappa shape index (κ3) is 4.63. The standard InChI is InChI=1S/C19H21F3N6O3S/c1-32(30,31)28(13-4-6-23-7-5-13)17-14(19(20,21)22)10-24-18(27-17)25-12-2-3-15-11(8-12)9-16(29)26-15/h2-3,8,10,13,23H,4-7,9H2,1H3,(H,26,29)(H,24,25,27). The average molecular weight is 470 g/mol. The van der Waals surface area contributed by atoms with Crippen LogP contribution in [0.15, 0.2) is 24.4 Å². The minimum Gasteiger partial charge on any atom is -0.326 e. The van der Waals surface area contributed by atoms with Crippen LogP contribution in [0.1, 0.15) is 24.0 Å². The minimum atomic E-state index is -4.84. The summed E-state index contributed by atoms with van der Waals surface area (Å²) < 4.78 is 67.1. The number of hydrogen-bond acceptors (Lipinski definition) is 7. The van der Waals surface area contributed by atoms with E-state index in [-0.39, 0.29) is 18.3 Å². The van der Waals surface area contributed by atoms with E-state index in [0.717, 1.165) is 16.1 Å². The number of anilines is 4. The van der Waals surface area contributed by atoms with E-state index in [4.69, 9.17) is 0 Å². The molecule has 32 heavy (non-hydrogen) atoms. The van der Waals surface area contributed by atoms with Gasteiger partial charge < -0.3 is 16.0 Å². The molecule has 3 N–H and O–H groups in total. The summed E-state index contributed by atoms with van der Waals surface area (Å²) >= 11 is 0. The summed E-state index contributed by atoms with van der Waals surface area (Å²) in [6, 6.07) is 4.28. The van der Waals surface area contributed by atoms with Gasteiger partial charge in [-0.3, -0.25) is 9.10 Å². The van der Waals surface area contributed by atoms with Crippen molar-refractivity contribution in [3.05, 3.63) is 35.5 Å². The Labute approximate surface area is 182 Å². The Balaban J connectivity index is 1.74. The van der Waals surface area contributed by atoms with Gasteiger partial charge >= 0.3 is 6.18 Å². The Bertz CT molecular complexity index is 1150. The topological polar surface area (TPSA) is 116 Å². The molecule has 1 amide bonds. The quantitative estimate of drug-likeness (QED) is 0.614. The first-order valence-electron chi connectivity index (χ1n) is 9.86. The van der Waals surface area contributed by atoms with Gasteiger partial charge in [-0.2, -0.15) is 18.2 Å². The zero-order chi connectivity index (χ0) is 23.1. The number of piperidine rings is 1. The molecule has 1 saturated heterocycles. The first kappa shape index (κ1) is 22.3. The number of carbonyl (C=O) groups is 1. The predicted molar refractivity (Wildman–Crippen MR) is 112 cm³/mol. The summed E-state index contributed by atoms with van der Waals surface area (Å²) in [6.45, 7) is 0.965. The first-order chi connectivity index (χ1) is 15.0. The lowest BCUT2D eigenvalue weighted by atomic mass is 10.1. The number of nitrogens with one attached hydrogen (secondary N) is 3. The molecule has 3 heterocycles. The van der Waals surface area contributed by atoms with Crippen LogP contribution >= 0.6 is 0 Å². The van der Waals surface area contributed by atoms with Gasteiger partial charge in [-0.25, -0.2) is 13.4 Å². The molecular weight excluding hydrogens is 449 g/mol. The molecule has 0 unspecified atom stereocenters. The van der Waals surface area contributed by atoms with Gasteiger partial charge in [0.1, 0.15) is 5.56 Å². The molecule has 2 aliphatic rings. The van der Waals surface area contributed by atoms with Gasteiger partial charge in [0.2, 0.25) is 21.9 Å². The number of nitrogens with zero attached hydrogens (tertiary/aromatic N) is 3. The van der Waals surface area contributed by atoms with Crippen molar-refractivity contribution in [3.8, 4) is 0 Å². The highest BCUT2D eigenvalue weighted by Crippen LogP contribution is 2.38. The highest BCUT2D eigenvalue weighted by Gasteiger charge is 2.41. The van der Waals surface area contributed by atoms with E-state index in [1.807, 2.05) is 0 Å². The van der Waals surface area contributed by atoms with Crippen molar-refractivity contribution < 1.29 is 26.4 Å². The van der Waals surface area contributed by atoms with E-state index in [0.29, 0.717) is 43.5 Å². The van der Waals surface area contributed by atoms with Crippen molar-refractivity contribution in [1.82, 2.24) is 15.3 Å². The van der Waals surface area contributed by atoms with Gasteiger partial charge in [0, 0.05) is 23.6 Å². The van der Waals surface area contributed by atoms with Crippen molar-refractivity contribution in [2.45, 2.75) is 31.5 Å². The summed E-state index contributed by atoms with van der Waals surface area (Å²) in [5, 5.41) is 8.57. The summed E-state index contributed by atoms with van der Waals surface area (Å²) in [4.78, 5) is 19.3. The highest BCUT2D eigenvalue weighted by molar-refractivity contribution is 7.92. The molecule has 0 aliphatic carbocycles. The third-order valence-corrected chi connectivity index (χ3v) is 6.45. The maximum absolute atomic E-state index is 13.7. The van der Waals surface area contributed by atoms with Crippen LogP contribution in [0.3, 0.4) is 0 Å². The smallest absolute Gasteiger partial charge is 0.326 e. The number of carbonyl (C=O) groups excluding carboxylic acids is 1. The van der Waals surface area contributed by atoms with Crippen LogP contribution in [0.4, 0.5) is 36.3 Å². The molecule has 0 atom stereocenters. The Morgan fingerprint density at radius 3 is 2.59 bits per heavy atom. The minimum absolute atomic E-state index is 0.156. The van der Waals surface area contributed by atoms with E-state index in [9.17, 15) is 26.4 Å². The fraction of sp³-hybridized carbons (Fsp3) is 0.421.